The van der Waals surface area contributed by atoms with Crippen molar-refractivity contribution in [1.29, 1.82) is 0 Å². The lowest BCUT2D eigenvalue weighted by atomic mass is 10.2. The monoisotopic (exact) mass is 371 g/mol. The molecule has 0 bridgehead atoms. The number of aromatic nitrogens is 3. The highest BCUT2D eigenvalue weighted by atomic mass is 32.2. The van der Waals surface area contributed by atoms with Crippen LogP contribution < -0.4 is 11.2 Å². The Hall–Kier alpha value is -2.87. The lowest BCUT2D eigenvalue weighted by Crippen LogP contribution is -2.23. The minimum Gasteiger partial charge on any atom is -0.335 e. The first-order chi connectivity index (χ1) is 12.5. The van der Waals surface area contributed by atoms with Crippen LogP contribution in [0.15, 0.2) is 53.7 Å². The van der Waals surface area contributed by atoms with Gasteiger partial charge in [-0.2, -0.15) is 0 Å². The van der Waals surface area contributed by atoms with Gasteiger partial charge in [0, 0.05) is 5.69 Å². The molecule has 1 heterocycles. The van der Waals surface area contributed by atoms with Gasteiger partial charge in [-0.1, -0.05) is 36.0 Å². The van der Waals surface area contributed by atoms with Gasteiger partial charge in [-0.3, -0.25) is 4.79 Å². The van der Waals surface area contributed by atoms with E-state index in [0.717, 1.165) is 23.0 Å². The van der Waals surface area contributed by atoms with Gasteiger partial charge in [0.1, 0.15) is 5.82 Å². The lowest BCUT2D eigenvalue weighted by Gasteiger charge is -2.12. The van der Waals surface area contributed by atoms with E-state index in [1.807, 2.05) is 31.2 Å². The summed E-state index contributed by atoms with van der Waals surface area (Å²) in [7, 11) is 0. The number of nitrogens with zero attached hydrogens (tertiary/aromatic N) is 3. The number of aryl methyl sites for hydroxylation is 1. The number of nitrogens with one attached hydrogen (secondary N) is 1. The number of hydrogen-bond acceptors (Lipinski definition) is 5. The maximum absolute atomic E-state index is 13.9. The maximum Gasteiger partial charge on any atom is 0.237 e. The standard InChI is InChI=1S/C18H18FN5OS/c1-11-6-5-7-13(10-11)21-17(25)12(2)26-18-23-22-16(24(18)20)14-8-3-4-9-15(14)19/h3-10,12H,20H2,1-2H3,(H,21,25)/t12-/m0/s1. The average Bonchev–Trinajstić information content (AvgIpc) is 2.96. The summed E-state index contributed by atoms with van der Waals surface area (Å²) in [5.41, 5.74) is 2.04. The minimum atomic E-state index is -0.463. The van der Waals surface area contributed by atoms with Crippen molar-refractivity contribution in [2.75, 3.05) is 11.2 Å². The van der Waals surface area contributed by atoms with Crippen LogP contribution in [0.4, 0.5) is 10.1 Å². The third-order valence-electron chi connectivity index (χ3n) is 3.72. The third kappa shape index (κ3) is 3.85. The Bertz CT molecular complexity index is 943. The molecule has 8 heteroatoms. The molecule has 0 radical (unpaired) electrons. The zero-order chi connectivity index (χ0) is 18.7. The summed E-state index contributed by atoms with van der Waals surface area (Å²) in [6, 6.07) is 13.7. The average molecular weight is 371 g/mol. The summed E-state index contributed by atoms with van der Waals surface area (Å²) in [4.78, 5) is 12.4. The van der Waals surface area contributed by atoms with E-state index in [0.29, 0.717) is 5.16 Å². The predicted molar refractivity (Wildman–Crippen MR) is 101 cm³/mol. The number of nitrogen functional groups attached to an aromatic ring is 1. The Morgan fingerprint density at radius 2 is 2.00 bits per heavy atom. The highest BCUT2D eigenvalue weighted by Crippen LogP contribution is 2.26. The van der Waals surface area contributed by atoms with Crippen LogP contribution >= 0.6 is 11.8 Å². The predicted octanol–water partition coefficient (Wildman–Crippen LogP) is 3.23. The topological polar surface area (TPSA) is 85.8 Å². The number of hydrogen-bond donors (Lipinski definition) is 2. The molecule has 1 amide bonds. The molecule has 0 spiro atoms. The number of anilines is 1. The Morgan fingerprint density at radius 1 is 1.23 bits per heavy atom. The molecule has 6 nitrogen and oxygen atoms in total. The smallest absolute Gasteiger partial charge is 0.237 e. The van der Waals surface area contributed by atoms with Crippen LogP contribution in [0.3, 0.4) is 0 Å². The van der Waals surface area contributed by atoms with E-state index < -0.39 is 11.1 Å². The molecule has 0 unspecified atom stereocenters. The number of carbonyl (C=O) groups excluding carboxylic acids is 1. The van der Waals surface area contributed by atoms with Crippen molar-refractivity contribution >= 4 is 23.4 Å². The zero-order valence-electron chi connectivity index (χ0n) is 14.3. The van der Waals surface area contributed by atoms with Gasteiger partial charge in [-0.15, -0.1) is 10.2 Å². The first-order valence-corrected chi connectivity index (χ1v) is 8.83. The number of nitrogens with two attached hydrogens (primary N) is 1. The second-order valence-corrected chi connectivity index (χ2v) is 7.08. The highest BCUT2D eigenvalue weighted by molar-refractivity contribution is 8.00. The normalized spacial score (nSPS) is 12.0. The van der Waals surface area contributed by atoms with Crippen molar-refractivity contribution in [3.8, 4) is 11.4 Å². The number of amides is 1. The first kappa shape index (κ1) is 17.9. The quantitative estimate of drug-likeness (QED) is 0.531. The molecule has 3 N–H and O–H groups in total. The van der Waals surface area contributed by atoms with Gasteiger partial charge in [-0.25, -0.2) is 9.07 Å². The number of rotatable bonds is 5. The molecule has 134 valence electrons. The Morgan fingerprint density at radius 3 is 2.73 bits per heavy atom. The molecular formula is C18H18FN5OS. The molecular weight excluding hydrogens is 353 g/mol. The number of benzene rings is 2. The molecule has 0 aliphatic heterocycles. The Labute approximate surface area is 154 Å². The molecule has 3 rings (SSSR count). The highest BCUT2D eigenvalue weighted by Gasteiger charge is 2.21. The molecule has 0 saturated heterocycles. The third-order valence-corrected chi connectivity index (χ3v) is 4.77. The molecule has 0 fully saturated rings. The van der Waals surface area contributed by atoms with Crippen LogP contribution in [-0.2, 0) is 4.79 Å². The zero-order valence-corrected chi connectivity index (χ0v) is 15.1. The molecule has 26 heavy (non-hydrogen) atoms. The number of halogens is 1. The largest absolute Gasteiger partial charge is 0.335 e. The van der Waals surface area contributed by atoms with E-state index in [1.54, 1.807) is 25.1 Å². The summed E-state index contributed by atoms with van der Waals surface area (Å²) in [6.45, 7) is 3.70. The van der Waals surface area contributed by atoms with Gasteiger partial charge in [0.2, 0.25) is 11.1 Å². The first-order valence-electron chi connectivity index (χ1n) is 7.95. The van der Waals surface area contributed by atoms with Crippen molar-refractivity contribution in [1.82, 2.24) is 14.9 Å². The van der Waals surface area contributed by atoms with Crippen molar-refractivity contribution in [2.45, 2.75) is 24.3 Å². The van der Waals surface area contributed by atoms with Crippen molar-refractivity contribution in [3.05, 3.63) is 59.9 Å². The summed E-state index contributed by atoms with van der Waals surface area (Å²) in [5, 5.41) is 10.6. The SMILES string of the molecule is Cc1cccc(NC(=O)[C@H](C)Sc2nnc(-c3ccccc3F)n2N)c1. The second kappa shape index (κ2) is 7.57. The van der Waals surface area contributed by atoms with Crippen molar-refractivity contribution in [2.24, 2.45) is 0 Å². The van der Waals surface area contributed by atoms with Crippen LogP contribution in [0.1, 0.15) is 12.5 Å². The Balaban J connectivity index is 1.73. The molecule has 2 aromatic carbocycles. The summed E-state index contributed by atoms with van der Waals surface area (Å²) in [6.07, 6.45) is 0. The van der Waals surface area contributed by atoms with Gasteiger partial charge in [0.05, 0.1) is 10.8 Å². The van der Waals surface area contributed by atoms with Crippen LogP contribution in [0.2, 0.25) is 0 Å². The van der Waals surface area contributed by atoms with E-state index in [2.05, 4.69) is 15.5 Å². The van der Waals surface area contributed by atoms with E-state index in [1.165, 1.54) is 10.7 Å². The van der Waals surface area contributed by atoms with Crippen LogP contribution in [0, 0.1) is 12.7 Å². The molecule has 0 aliphatic rings. The van der Waals surface area contributed by atoms with Crippen molar-refractivity contribution in [3.63, 3.8) is 0 Å². The molecule has 1 aromatic heterocycles. The van der Waals surface area contributed by atoms with Gasteiger partial charge < -0.3 is 11.2 Å². The summed E-state index contributed by atoms with van der Waals surface area (Å²) < 4.78 is 15.1. The lowest BCUT2D eigenvalue weighted by molar-refractivity contribution is -0.115. The van der Waals surface area contributed by atoms with Gasteiger partial charge in [0.15, 0.2) is 5.82 Å². The van der Waals surface area contributed by atoms with Crippen molar-refractivity contribution < 1.29 is 9.18 Å². The van der Waals surface area contributed by atoms with Crippen LogP contribution in [-0.4, -0.2) is 26.0 Å². The maximum atomic E-state index is 13.9. The van der Waals surface area contributed by atoms with Gasteiger partial charge in [0.25, 0.3) is 0 Å². The summed E-state index contributed by atoms with van der Waals surface area (Å²) in [5.74, 6) is 5.58. The summed E-state index contributed by atoms with van der Waals surface area (Å²) >= 11 is 1.15. The fourth-order valence-electron chi connectivity index (χ4n) is 2.36. The number of carbonyl (C=O) groups is 1. The second-order valence-electron chi connectivity index (χ2n) is 5.77. The molecule has 3 aromatic rings. The van der Waals surface area contributed by atoms with Crippen LogP contribution in [0.25, 0.3) is 11.4 Å². The minimum absolute atomic E-state index is 0.184. The fraction of sp³-hybridized carbons (Fsp3) is 0.167. The molecule has 0 saturated carbocycles. The van der Waals surface area contributed by atoms with Gasteiger partial charge in [-0.05, 0) is 43.7 Å². The van der Waals surface area contributed by atoms with E-state index in [4.69, 9.17) is 5.84 Å². The van der Waals surface area contributed by atoms with E-state index in [-0.39, 0.29) is 17.3 Å². The van der Waals surface area contributed by atoms with Gasteiger partial charge >= 0.3 is 0 Å². The number of thioether (sulfide) groups is 1. The van der Waals surface area contributed by atoms with Crippen LogP contribution in [0.5, 0.6) is 0 Å². The van der Waals surface area contributed by atoms with E-state index >= 15 is 0 Å². The fourth-order valence-corrected chi connectivity index (χ4v) is 3.13. The van der Waals surface area contributed by atoms with E-state index in [9.17, 15) is 9.18 Å². The molecule has 1 atom stereocenters. The molecule has 0 aliphatic carbocycles. The Kier molecular flexibility index (Phi) is 5.22.